The van der Waals surface area contributed by atoms with Crippen LogP contribution in [0.4, 0.5) is 16.2 Å². The van der Waals surface area contributed by atoms with Crippen molar-refractivity contribution in [1.29, 1.82) is 0 Å². The van der Waals surface area contributed by atoms with E-state index in [0.29, 0.717) is 17.8 Å². The molecule has 0 bridgehead atoms. The summed E-state index contributed by atoms with van der Waals surface area (Å²) in [6.07, 6.45) is 3.84. The van der Waals surface area contributed by atoms with Gasteiger partial charge in [-0.3, -0.25) is 15.1 Å². The first kappa shape index (κ1) is 16.4. The molecule has 1 unspecified atom stereocenters. The lowest BCUT2D eigenvalue weighted by Crippen LogP contribution is -2.32. The fraction of sp³-hybridized carbons (Fsp3) is 0.188. The Morgan fingerprint density at radius 2 is 2.24 bits per heavy atom. The van der Waals surface area contributed by atoms with Crippen LogP contribution in [0, 0.1) is 5.92 Å². The van der Waals surface area contributed by atoms with Crippen molar-refractivity contribution in [1.82, 2.24) is 15.4 Å². The summed E-state index contributed by atoms with van der Waals surface area (Å²) < 4.78 is 5.00. The Kier molecular flexibility index (Phi) is 4.55. The second kappa shape index (κ2) is 6.95. The highest BCUT2D eigenvalue weighted by Crippen LogP contribution is 2.24. The Morgan fingerprint density at radius 1 is 1.40 bits per heavy atom. The summed E-state index contributed by atoms with van der Waals surface area (Å²) in [7, 11) is 0. The molecule has 25 heavy (non-hydrogen) atoms. The molecule has 2 heterocycles. The molecule has 2 aromatic rings. The van der Waals surface area contributed by atoms with Gasteiger partial charge in [-0.1, -0.05) is 13.0 Å². The van der Waals surface area contributed by atoms with E-state index >= 15 is 0 Å². The predicted octanol–water partition coefficient (Wildman–Crippen LogP) is 1.53. The molecule has 0 radical (unpaired) electrons. The maximum atomic E-state index is 11.9. The maximum Gasteiger partial charge on any atom is 0.418 e. The second-order valence-corrected chi connectivity index (χ2v) is 5.50. The molecule has 0 saturated heterocycles. The van der Waals surface area contributed by atoms with E-state index in [9.17, 15) is 9.59 Å². The number of nitrogens with one attached hydrogen (secondary N) is 2. The number of nitrogens with two attached hydrogens (primary N) is 1. The Bertz CT molecular complexity index is 837. The normalized spacial score (nSPS) is 16.6. The van der Waals surface area contributed by atoms with Gasteiger partial charge < -0.3 is 10.5 Å². The van der Waals surface area contributed by atoms with Crippen molar-refractivity contribution < 1.29 is 14.3 Å². The third-order valence-corrected chi connectivity index (χ3v) is 3.58. The van der Waals surface area contributed by atoms with E-state index in [2.05, 4.69) is 25.8 Å². The molecule has 2 amide bonds. The zero-order valence-corrected chi connectivity index (χ0v) is 13.4. The van der Waals surface area contributed by atoms with Crippen LogP contribution in [-0.2, 0) is 4.79 Å². The molecule has 4 N–H and O–H groups in total. The second-order valence-electron chi connectivity index (χ2n) is 5.50. The van der Waals surface area contributed by atoms with E-state index in [0.717, 1.165) is 11.3 Å². The lowest BCUT2D eigenvalue weighted by atomic mass is 9.93. The van der Waals surface area contributed by atoms with Crippen LogP contribution in [0.1, 0.15) is 18.9 Å². The van der Waals surface area contributed by atoms with E-state index in [4.69, 9.17) is 10.5 Å². The smallest absolute Gasteiger partial charge is 0.397 e. The number of nitrogens with zero attached hydrogens (tertiary/aromatic N) is 3. The topological polar surface area (TPSA) is 132 Å². The number of carbonyl (C=O) groups excluding carboxylic acids is 2. The molecule has 1 aliphatic rings. The summed E-state index contributed by atoms with van der Waals surface area (Å²) in [6.45, 7) is 1.91. The van der Waals surface area contributed by atoms with Gasteiger partial charge >= 0.3 is 6.09 Å². The van der Waals surface area contributed by atoms with Crippen LogP contribution in [0.2, 0.25) is 0 Å². The van der Waals surface area contributed by atoms with Crippen molar-refractivity contribution in [3.63, 3.8) is 0 Å². The Balaban J connectivity index is 1.72. The molecule has 1 aliphatic heterocycles. The molecule has 1 atom stereocenters. The number of nitrogen functional groups attached to an aromatic ring is 1. The van der Waals surface area contributed by atoms with Gasteiger partial charge in [0.15, 0.2) is 0 Å². The number of hydrogen-bond acceptors (Lipinski definition) is 7. The van der Waals surface area contributed by atoms with Gasteiger partial charge in [-0.05, 0) is 12.1 Å². The molecule has 9 nitrogen and oxygen atoms in total. The fourth-order valence-electron chi connectivity index (χ4n) is 2.41. The van der Waals surface area contributed by atoms with Gasteiger partial charge in [-0.15, -0.1) is 0 Å². The van der Waals surface area contributed by atoms with E-state index in [-0.39, 0.29) is 17.7 Å². The van der Waals surface area contributed by atoms with Gasteiger partial charge in [-0.25, -0.2) is 15.2 Å². The number of carbonyl (C=O) groups is 2. The highest BCUT2D eigenvalue weighted by atomic mass is 16.6. The van der Waals surface area contributed by atoms with E-state index < -0.39 is 6.09 Å². The summed E-state index contributed by atoms with van der Waals surface area (Å²) in [5.41, 5.74) is 10.7. The molecule has 0 spiro atoms. The van der Waals surface area contributed by atoms with Gasteiger partial charge in [0.05, 0.1) is 23.3 Å². The number of hydrazone groups is 1. The zero-order valence-electron chi connectivity index (χ0n) is 13.4. The number of hydrogen-bond donors (Lipinski definition) is 3. The van der Waals surface area contributed by atoms with Crippen molar-refractivity contribution in [3.05, 3.63) is 42.4 Å². The highest BCUT2D eigenvalue weighted by Gasteiger charge is 2.22. The quantitative estimate of drug-likeness (QED) is 0.726. The van der Waals surface area contributed by atoms with Crippen molar-refractivity contribution in [3.8, 4) is 5.88 Å². The minimum absolute atomic E-state index is 0.0198. The van der Waals surface area contributed by atoms with Crippen LogP contribution in [0.15, 0.2) is 41.9 Å². The fourth-order valence-corrected chi connectivity index (χ4v) is 2.41. The van der Waals surface area contributed by atoms with Gasteiger partial charge in [0.1, 0.15) is 0 Å². The number of amides is 2. The van der Waals surface area contributed by atoms with E-state index in [1.54, 1.807) is 18.2 Å². The molecule has 1 aromatic heterocycles. The minimum Gasteiger partial charge on any atom is -0.397 e. The largest absolute Gasteiger partial charge is 0.418 e. The zero-order chi connectivity index (χ0) is 17.8. The molecule has 0 fully saturated rings. The molecule has 128 valence electrons. The van der Waals surface area contributed by atoms with Gasteiger partial charge in [0.2, 0.25) is 11.8 Å². The van der Waals surface area contributed by atoms with Gasteiger partial charge in [0, 0.05) is 30.3 Å². The Labute approximate surface area is 143 Å². The van der Waals surface area contributed by atoms with Crippen LogP contribution in [0.5, 0.6) is 5.88 Å². The number of rotatable bonds is 3. The maximum absolute atomic E-state index is 11.9. The molecule has 0 saturated carbocycles. The highest BCUT2D eigenvalue weighted by molar-refractivity contribution is 6.07. The lowest BCUT2D eigenvalue weighted by Gasteiger charge is -2.19. The van der Waals surface area contributed by atoms with Crippen molar-refractivity contribution in [2.75, 3.05) is 11.1 Å². The van der Waals surface area contributed by atoms with Crippen LogP contribution >= 0.6 is 0 Å². The summed E-state index contributed by atoms with van der Waals surface area (Å²) in [5.74, 6) is -0.0563. The summed E-state index contributed by atoms with van der Waals surface area (Å²) in [6, 6.07) is 5.10. The molecule has 9 heteroatoms. The SMILES string of the molecule is CC1CC(=O)NN=C1c1ccc(NC(=O)Oc2cnccn2)c(N)c1. The Hall–Kier alpha value is -3.49. The summed E-state index contributed by atoms with van der Waals surface area (Å²) in [5, 5.41) is 6.63. The van der Waals surface area contributed by atoms with E-state index in [1.807, 2.05) is 6.92 Å². The number of benzene rings is 1. The molecule has 1 aromatic carbocycles. The summed E-state index contributed by atoms with van der Waals surface area (Å²) in [4.78, 5) is 30.9. The molecule has 3 rings (SSSR count). The predicted molar refractivity (Wildman–Crippen MR) is 91.0 cm³/mol. The van der Waals surface area contributed by atoms with Crippen molar-refractivity contribution in [2.45, 2.75) is 13.3 Å². The van der Waals surface area contributed by atoms with Crippen LogP contribution < -0.4 is 21.2 Å². The van der Waals surface area contributed by atoms with Gasteiger partial charge in [-0.2, -0.15) is 5.10 Å². The van der Waals surface area contributed by atoms with Crippen molar-refractivity contribution in [2.24, 2.45) is 11.0 Å². The standard InChI is InChI=1S/C16H16N6O3/c1-9-6-13(23)21-22-15(9)10-2-3-12(11(17)7-10)20-16(24)25-14-8-18-4-5-19-14/h2-5,7-9H,6,17H2,1H3,(H,20,24)(H,21,23). The van der Waals surface area contributed by atoms with E-state index in [1.165, 1.54) is 18.6 Å². The third kappa shape index (κ3) is 3.89. The monoisotopic (exact) mass is 340 g/mol. The summed E-state index contributed by atoms with van der Waals surface area (Å²) >= 11 is 0. The average molecular weight is 340 g/mol. The third-order valence-electron chi connectivity index (χ3n) is 3.58. The van der Waals surface area contributed by atoms with Crippen LogP contribution in [-0.4, -0.2) is 27.7 Å². The molecular weight excluding hydrogens is 324 g/mol. The number of ether oxygens (including phenoxy) is 1. The van der Waals surface area contributed by atoms with Crippen LogP contribution in [0.3, 0.4) is 0 Å². The average Bonchev–Trinajstić information content (AvgIpc) is 2.58. The first-order chi connectivity index (χ1) is 12.0. The number of aromatic nitrogens is 2. The van der Waals surface area contributed by atoms with Gasteiger partial charge in [0.25, 0.3) is 0 Å². The molecule has 0 aliphatic carbocycles. The Morgan fingerprint density at radius 3 is 2.92 bits per heavy atom. The van der Waals surface area contributed by atoms with Crippen molar-refractivity contribution >= 4 is 29.1 Å². The number of anilines is 2. The first-order valence-electron chi connectivity index (χ1n) is 7.54. The molecular formula is C16H16N6O3. The minimum atomic E-state index is -0.726. The first-order valence-corrected chi connectivity index (χ1v) is 7.54. The van der Waals surface area contributed by atoms with Crippen LogP contribution in [0.25, 0.3) is 0 Å². The lowest BCUT2D eigenvalue weighted by molar-refractivity contribution is -0.121.